The lowest BCUT2D eigenvalue weighted by molar-refractivity contribution is 0.0677. The Morgan fingerprint density at radius 2 is 2.08 bits per heavy atom. The van der Waals surface area contributed by atoms with Crippen LogP contribution in [0.2, 0.25) is 0 Å². The van der Waals surface area contributed by atoms with Gasteiger partial charge in [-0.1, -0.05) is 30.3 Å². The number of carbonyl (C=O) groups is 1. The first-order valence-electron chi connectivity index (χ1n) is 7.78. The number of hydrogen-bond donors (Lipinski definition) is 1. The van der Waals surface area contributed by atoms with Crippen molar-refractivity contribution in [2.45, 2.75) is 6.04 Å². The van der Waals surface area contributed by atoms with E-state index in [2.05, 4.69) is 10.2 Å². The molecule has 0 saturated heterocycles. The minimum absolute atomic E-state index is 0.0926. The molecule has 1 aromatic carbocycles. The molecule has 24 heavy (non-hydrogen) atoms. The summed E-state index contributed by atoms with van der Waals surface area (Å²) in [5.74, 6) is 0.580. The van der Waals surface area contributed by atoms with Gasteiger partial charge in [-0.25, -0.2) is 0 Å². The largest absolute Gasteiger partial charge is 0.463 e. The molecule has 1 aliphatic rings. The number of aromatic nitrogens is 2. The van der Waals surface area contributed by atoms with Crippen LogP contribution < -0.4 is 0 Å². The van der Waals surface area contributed by atoms with Crippen LogP contribution >= 0.6 is 0 Å². The third-order valence-electron chi connectivity index (χ3n) is 4.27. The van der Waals surface area contributed by atoms with Crippen LogP contribution in [0, 0.1) is 0 Å². The van der Waals surface area contributed by atoms with Crippen LogP contribution in [0.4, 0.5) is 0 Å². The van der Waals surface area contributed by atoms with Crippen LogP contribution in [0.15, 0.2) is 53.1 Å². The highest BCUT2D eigenvalue weighted by atomic mass is 16.5. The number of nitrogens with zero attached hydrogens (tertiary/aromatic N) is 2. The number of rotatable bonds is 5. The smallest absolute Gasteiger partial charge is 0.275 e. The van der Waals surface area contributed by atoms with Crippen molar-refractivity contribution in [3.05, 3.63) is 65.5 Å². The number of nitrogens with one attached hydrogen (secondary N) is 1. The third-order valence-corrected chi connectivity index (χ3v) is 4.27. The SMILES string of the molecule is COCCN1C(=O)c2n[nH]c(-c3ccco3)c2C1c1ccccc1. The molecular weight excluding hydrogens is 306 g/mol. The molecule has 1 N–H and O–H groups in total. The minimum Gasteiger partial charge on any atom is -0.463 e. The predicted molar refractivity (Wildman–Crippen MR) is 87.5 cm³/mol. The van der Waals surface area contributed by atoms with Gasteiger partial charge in [0.1, 0.15) is 5.69 Å². The molecule has 2 aromatic heterocycles. The summed E-state index contributed by atoms with van der Waals surface area (Å²) in [6.45, 7) is 0.974. The summed E-state index contributed by atoms with van der Waals surface area (Å²) in [6, 6.07) is 13.4. The monoisotopic (exact) mass is 323 g/mol. The van der Waals surface area contributed by atoms with Crippen molar-refractivity contribution < 1.29 is 13.9 Å². The summed E-state index contributed by atoms with van der Waals surface area (Å²) in [4.78, 5) is 14.6. The van der Waals surface area contributed by atoms with Crippen LogP contribution in [0.25, 0.3) is 11.5 Å². The molecule has 1 aliphatic heterocycles. The maximum absolute atomic E-state index is 12.8. The maximum atomic E-state index is 12.8. The van der Waals surface area contributed by atoms with Crippen molar-refractivity contribution in [3.63, 3.8) is 0 Å². The Morgan fingerprint density at radius 1 is 1.25 bits per heavy atom. The van der Waals surface area contributed by atoms with Gasteiger partial charge in [0.15, 0.2) is 11.5 Å². The van der Waals surface area contributed by atoms with E-state index in [9.17, 15) is 4.79 Å². The zero-order chi connectivity index (χ0) is 16.5. The second kappa shape index (κ2) is 5.98. The summed E-state index contributed by atoms with van der Waals surface area (Å²) in [5, 5.41) is 7.21. The number of ether oxygens (including phenoxy) is 1. The number of aromatic amines is 1. The fourth-order valence-corrected chi connectivity index (χ4v) is 3.20. The zero-order valence-electron chi connectivity index (χ0n) is 13.2. The first-order valence-corrected chi connectivity index (χ1v) is 7.78. The lowest BCUT2D eigenvalue weighted by atomic mass is 9.98. The minimum atomic E-state index is -0.206. The van der Waals surface area contributed by atoms with Gasteiger partial charge in [-0.15, -0.1) is 0 Å². The fourth-order valence-electron chi connectivity index (χ4n) is 3.20. The second-order valence-corrected chi connectivity index (χ2v) is 5.64. The maximum Gasteiger partial charge on any atom is 0.275 e. The molecule has 0 spiro atoms. The number of methoxy groups -OCH3 is 1. The quantitative estimate of drug-likeness (QED) is 0.784. The predicted octanol–water partition coefficient (Wildman–Crippen LogP) is 2.86. The van der Waals surface area contributed by atoms with Crippen molar-refractivity contribution in [2.75, 3.05) is 20.3 Å². The molecule has 0 fully saturated rings. The van der Waals surface area contributed by atoms with Crippen LogP contribution in [0.5, 0.6) is 0 Å². The van der Waals surface area contributed by atoms with Crippen LogP contribution in [-0.4, -0.2) is 41.3 Å². The lowest BCUT2D eigenvalue weighted by Crippen LogP contribution is -2.32. The summed E-state index contributed by atoms with van der Waals surface area (Å²) in [6.07, 6.45) is 1.61. The van der Waals surface area contributed by atoms with Crippen LogP contribution in [0.3, 0.4) is 0 Å². The van der Waals surface area contributed by atoms with E-state index in [4.69, 9.17) is 9.15 Å². The Balaban J connectivity index is 1.85. The molecule has 4 rings (SSSR count). The Hall–Kier alpha value is -2.86. The lowest BCUT2D eigenvalue weighted by Gasteiger charge is -2.25. The zero-order valence-corrected chi connectivity index (χ0v) is 13.2. The van der Waals surface area contributed by atoms with Gasteiger partial charge in [-0.2, -0.15) is 5.10 Å². The summed E-state index contributed by atoms with van der Waals surface area (Å²) < 4.78 is 10.7. The molecule has 3 heterocycles. The van der Waals surface area contributed by atoms with E-state index >= 15 is 0 Å². The van der Waals surface area contributed by atoms with Crippen LogP contribution in [-0.2, 0) is 4.74 Å². The van der Waals surface area contributed by atoms with E-state index in [-0.39, 0.29) is 11.9 Å². The molecule has 6 heteroatoms. The number of hydrogen-bond acceptors (Lipinski definition) is 4. The summed E-state index contributed by atoms with van der Waals surface area (Å²) in [5.41, 5.74) is 3.09. The van der Waals surface area contributed by atoms with Crippen molar-refractivity contribution in [2.24, 2.45) is 0 Å². The molecule has 1 atom stereocenters. The Kier molecular flexibility index (Phi) is 3.66. The topological polar surface area (TPSA) is 71.4 Å². The molecular formula is C18H17N3O3. The van der Waals surface area contributed by atoms with Gasteiger partial charge in [0.2, 0.25) is 0 Å². The molecule has 3 aromatic rings. The van der Waals surface area contributed by atoms with Crippen LogP contribution in [0.1, 0.15) is 27.7 Å². The Bertz CT molecular complexity index is 840. The number of furan rings is 1. The molecule has 1 amide bonds. The number of benzene rings is 1. The van der Waals surface area contributed by atoms with Gasteiger partial charge in [0.25, 0.3) is 5.91 Å². The summed E-state index contributed by atoms with van der Waals surface area (Å²) >= 11 is 0. The molecule has 0 saturated carbocycles. The molecule has 6 nitrogen and oxygen atoms in total. The fraction of sp³-hybridized carbons (Fsp3) is 0.222. The highest BCUT2D eigenvalue weighted by Crippen LogP contribution is 2.42. The standard InChI is InChI=1S/C18H17N3O3/c1-23-11-9-21-17(12-6-3-2-4-7-12)14-15(13-8-5-10-24-13)19-20-16(14)18(21)22/h2-8,10,17H,9,11H2,1H3,(H,19,20). The number of fused-ring (bicyclic) bond motifs is 1. The van der Waals surface area contributed by atoms with Gasteiger partial charge in [0.05, 0.1) is 18.9 Å². The first kappa shape index (κ1) is 14.7. The summed E-state index contributed by atoms with van der Waals surface area (Å²) in [7, 11) is 1.63. The highest BCUT2D eigenvalue weighted by molar-refractivity contribution is 5.99. The van der Waals surface area contributed by atoms with Crippen molar-refractivity contribution in [3.8, 4) is 11.5 Å². The van der Waals surface area contributed by atoms with E-state index in [0.29, 0.717) is 24.6 Å². The first-order chi connectivity index (χ1) is 11.8. The molecule has 0 bridgehead atoms. The van der Waals surface area contributed by atoms with Crippen molar-refractivity contribution in [1.82, 2.24) is 15.1 Å². The highest BCUT2D eigenvalue weighted by Gasteiger charge is 2.42. The van der Waals surface area contributed by atoms with Gasteiger partial charge >= 0.3 is 0 Å². The van der Waals surface area contributed by atoms with E-state index in [1.807, 2.05) is 42.5 Å². The second-order valence-electron chi connectivity index (χ2n) is 5.64. The Morgan fingerprint density at radius 3 is 2.79 bits per heavy atom. The van der Waals surface area contributed by atoms with E-state index < -0.39 is 0 Å². The Labute approximate surface area is 139 Å². The third kappa shape index (κ3) is 2.23. The van der Waals surface area contributed by atoms with E-state index in [0.717, 1.165) is 16.8 Å². The normalized spacial score (nSPS) is 16.6. The average Bonchev–Trinajstić information content (AvgIpc) is 3.32. The van der Waals surface area contributed by atoms with E-state index in [1.54, 1.807) is 18.3 Å². The molecule has 0 radical (unpaired) electrons. The van der Waals surface area contributed by atoms with Gasteiger partial charge < -0.3 is 14.1 Å². The number of H-pyrrole nitrogens is 1. The number of carbonyl (C=O) groups excluding carboxylic acids is 1. The van der Waals surface area contributed by atoms with Crippen molar-refractivity contribution >= 4 is 5.91 Å². The molecule has 1 unspecified atom stereocenters. The van der Waals surface area contributed by atoms with Gasteiger partial charge in [-0.05, 0) is 17.7 Å². The van der Waals surface area contributed by atoms with Crippen molar-refractivity contribution in [1.29, 1.82) is 0 Å². The number of amides is 1. The van der Waals surface area contributed by atoms with E-state index in [1.165, 1.54) is 0 Å². The van der Waals surface area contributed by atoms with Gasteiger partial charge in [-0.3, -0.25) is 9.89 Å². The molecule has 0 aliphatic carbocycles. The molecule has 122 valence electrons. The van der Waals surface area contributed by atoms with Gasteiger partial charge in [0, 0.05) is 19.2 Å². The average molecular weight is 323 g/mol.